The number of nitrogens with one attached hydrogen (secondary N) is 1. The zero-order valence-electron chi connectivity index (χ0n) is 11.7. The van der Waals surface area contributed by atoms with Gasteiger partial charge in [0.2, 0.25) is 0 Å². The van der Waals surface area contributed by atoms with Crippen molar-refractivity contribution >= 4 is 11.9 Å². The van der Waals surface area contributed by atoms with Gasteiger partial charge in [-0.3, -0.25) is 5.43 Å². The normalized spacial score (nSPS) is 11.7. The summed E-state index contributed by atoms with van der Waals surface area (Å²) in [5, 5.41) is 4.23. The van der Waals surface area contributed by atoms with Crippen molar-refractivity contribution in [2.24, 2.45) is 5.10 Å². The number of anilines is 1. The van der Waals surface area contributed by atoms with Gasteiger partial charge in [-0.15, -0.1) is 0 Å². The molecular formula is C17H20N2. The van der Waals surface area contributed by atoms with Crippen molar-refractivity contribution in [3.05, 3.63) is 65.7 Å². The summed E-state index contributed by atoms with van der Waals surface area (Å²) in [6.07, 6.45) is 1.83. The van der Waals surface area contributed by atoms with Crippen LogP contribution in [0.5, 0.6) is 0 Å². The van der Waals surface area contributed by atoms with Gasteiger partial charge >= 0.3 is 0 Å². The topological polar surface area (TPSA) is 24.4 Å². The maximum absolute atomic E-state index is 4.23. The van der Waals surface area contributed by atoms with E-state index in [-0.39, 0.29) is 5.41 Å². The molecule has 2 rings (SSSR count). The van der Waals surface area contributed by atoms with Crippen LogP contribution < -0.4 is 5.43 Å². The number of hydrogen-bond acceptors (Lipinski definition) is 2. The van der Waals surface area contributed by atoms with Crippen molar-refractivity contribution < 1.29 is 0 Å². The number of nitrogens with zero attached hydrogens (tertiary/aromatic N) is 1. The second-order valence-corrected chi connectivity index (χ2v) is 5.61. The number of para-hydroxylation sites is 1. The molecule has 0 bridgehead atoms. The van der Waals surface area contributed by atoms with Crippen molar-refractivity contribution in [2.75, 3.05) is 5.43 Å². The third-order valence-corrected chi connectivity index (χ3v) is 2.96. The first-order valence-corrected chi connectivity index (χ1v) is 6.50. The molecule has 2 aromatic carbocycles. The molecule has 0 atom stereocenters. The minimum atomic E-state index is 0.192. The molecule has 2 heteroatoms. The molecule has 0 saturated carbocycles. The number of hydrazone groups is 1. The van der Waals surface area contributed by atoms with E-state index in [9.17, 15) is 0 Å². The second-order valence-electron chi connectivity index (χ2n) is 5.61. The largest absolute Gasteiger partial charge is 0.279 e. The SMILES string of the molecule is CC(C)(C)c1ccc(C=NNc2ccccc2)cc1. The summed E-state index contributed by atoms with van der Waals surface area (Å²) in [5.74, 6) is 0. The smallest absolute Gasteiger partial charge is 0.0561 e. The molecule has 0 unspecified atom stereocenters. The number of benzene rings is 2. The van der Waals surface area contributed by atoms with Crippen molar-refractivity contribution in [1.82, 2.24) is 0 Å². The summed E-state index contributed by atoms with van der Waals surface area (Å²) < 4.78 is 0. The molecule has 0 amide bonds. The Morgan fingerprint density at radius 2 is 1.53 bits per heavy atom. The fourth-order valence-electron chi connectivity index (χ4n) is 1.76. The molecule has 0 aliphatic rings. The van der Waals surface area contributed by atoms with Gasteiger partial charge in [0.1, 0.15) is 0 Å². The Morgan fingerprint density at radius 3 is 2.11 bits per heavy atom. The van der Waals surface area contributed by atoms with Crippen LogP contribution in [0.25, 0.3) is 0 Å². The van der Waals surface area contributed by atoms with Gasteiger partial charge in [-0.05, 0) is 28.7 Å². The highest BCUT2D eigenvalue weighted by Crippen LogP contribution is 2.21. The molecule has 0 saturated heterocycles. The van der Waals surface area contributed by atoms with Crippen LogP contribution >= 0.6 is 0 Å². The number of hydrogen-bond donors (Lipinski definition) is 1. The summed E-state index contributed by atoms with van der Waals surface area (Å²) >= 11 is 0. The van der Waals surface area contributed by atoms with E-state index >= 15 is 0 Å². The first-order chi connectivity index (χ1) is 9.05. The molecule has 0 radical (unpaired) electrons. The Hall–Kier alpha value is -2.09. The lowest BCUT2D eigenvalue weighted by molar-refractivity contribution is 0.590. The standard InChI is InChI=1S/C17H20N2/c1-17(2,3)15-11-9-14(10-12-15)13-18-19-16-7-5-4-6-8-16/h4-13,19H,1-3H3. The van der Waals surface area contributed by atoms with Gasteiger partial charge in [-0.25, -0.2) is 0 Å². The van der Waals surface area contributed by atoms with Crippen molar-refractivity contribution in [2.45, 2.75) is 26.2 Å². The van der Waals surface area contributed by atoms with Gasteiger partial charge in [-0.1, -0.05) is 63.2 Å². The average molecular weight is 252 g/mol. The fraction of sp³-hybridized carbons (Fsp3) is 0.235. The highest BCUT2D eigenvalue weighted by molar-refractivity contribution is 5.80. The lowest BCUT2D eigenvalue weighted by atomic mass is 9.87. The molecule has 0 spiro atoms. The van der Waals surface area contributed by atoms with Gasteiger partial charge in [0.15, 0.2) is 0 Å². The van der Waals surface area contributed by atoms with Gasteiger partial charge in [0.25, 0.3) is 0 Å². The lowest BCUT2D eigenvalue weighted by Gasteiger charge is -2.18. The Kier molecular flexibility index (Phi) is 4.00. The Morgan fingerprint density at radius 1 is 0.895 bits per heavy atom. The van der Waals surface area contributed by atoms with E-state index in [1.165, 1.54) is 5.56 Å². The van der Waals surface area contributed by atoms with Crippen LogP contribution in [0.1, 0.15) is 31.9 Å². The minimum Gasteiger partial charge on any atom is -0.279 e. The van der Waals surface area contributed by atoms with Crippen LogP contribution in [0.2, 0.25) is 0 Å². The zero-order valence-corrected chi connectivity index (χ0v) is 11.7. The predicted octanol–water partition coefficient (Wildman–Crippen LogP) is 4.43. The van der Waals surface area contributed by atoms with E-state index < -0.39 is 0 Å². The van der Waals surface area contributed by atoms with Crippen LogP contribution in [-0.2, 0) is 5.41 Å². The Labute approximate surface area is 115 Å². The molecule has 1 N–H and O–H groups in total. The third kappa shape index (κ3) is 3.95. The monoisotopic (exact) mass is 252 g/mol. The molecule has 98 valence electrons. The van der Waals surface area contributed by atoms with E-state index in [1.807, 2.05) is 36.5 Å². The Balaban J connectivity index is 2.00. The van der Waals surface area contributed by atoms with Gasteiger partial charge in [-0.2, -0.15) is 5.10 Å². The van der Waals surface area contributed by atoms with Crippen LogP contribution in [0.3, 0.4) is 0 Å². The van der Waals surface area contributed by atoms with Crippen LogP contribution in [0, 0.1) is 0 Å². The molecule has 0 aliphatic heterocycles. The summed E-state index contributed by atoms with van der Waals surface area (Å²) in [5.41, 5.74) is 6.62. The minimum absolute atomic E-state index is 0.192. The Bertz CT molecular complexity index is 534. The van der Waals surface area contributed by atoms with E-state index in [4.69, 9.17) is 0 Å². The van der Waals surface area contributed by atoms with Crippen molar-refractivity contribution in [3.8, 4) is 0 Å². The van der Waals surface area contributed by atoms with Gasteiger partial charge in [0, 0.05) is 0 Å². The van der Waals surface area contributed by atoms with E-state index in [0.717, 1.165) is 11.3 Å². The highest BCUT2D eigenvalue weighted by atomic mass is 15.3. The quantitative estimate of drug-likeness (QED) is 0.634. The van der Waals surface area contributed by atoms with E-state index in [0.29, 0.717) is 0 Å². The lowest BCUT2D eigenvalue weighted by Crippen LogP contribution is -2.10. The molecule has 0 aliphatic carbocycles. The van der Waals surface area contributed by atoms with E-state index in [1.54, 1.807) is 0 Å². The summed E-state index contributed by atoms with van der Waals surface area (Å²) in [6, 6.07) is 18.4. The molecule has 0 aromatic heterocycles. The highest BCUT2D eigenvalue weighted by Gasteiger charge is 2.12. The average Bonchev–Trinajstić information content (AvgIpc) is 2.39. The zero-order chi connectivity index (χ0) is 13.7. The van der Waals surface area contributed by atoms with Gasteiger partial charge in [0.05, 0.1) is 11.9 Å². The molecule has 0 heterocycles. The summed E-state index contributed by atoms with van der Waals surface area (Å²) in [7, 11) is 0. The molecule has 2 aromatic rings. The fourth-order valence-corrected chi connectivity index (χ4v) is 1.76. The first kappa shape index (κ1) is 13.3. The molecular weight excluding hydrogens is 232 g/mol. The molecule has 19 heavy (non-hydrogen) atoms. The summed E-state index contributed by atoms with van der Waals surface area (Å²) in [6.45, 7) is 6.65. The number of rotatable bonds is 3. The third-order valence-electron chi connectivity index (χ3n) is 2.96. The molecule has 2 nitrogen and oxygen atoms in total. The first-order valence-electron chi connectivity index (χ1n) is 6.50. The van der Waals surface area contributed by atoms with Crippen LogP contribution in [0.4, 0.5) is 5.69 Å². The molecule has 0 fully saturated rings. The van der Waals surface area contributed by atoms with Crippen molar-refractivity contribution in [1.29, 1.82) is 0 Å². The predicted molar refractivity (Wildman–Crippen MR) is 82.8 cm³/mol. The summed E-state index contributed by atoms with van der Waals surface area (Å²) in [4.78, 5) is 0. The van der Waals surface area contributed by atoms with E-state index in [2.05, 4.69) is 55.6 Å². The maximum Gasteiger partial charge on any atom is 0.0561 e. The van der Waals surface area contributed by atoms with Crippen molar-refractivity contribution in [3.63, 3.8) is 0 Å². The van der Waals surface area contributed by atoms with Crippen LogP contribution in [0.15, 0.2) is 59.7 Å². The van der Waals surface area contributed by atoms with Crippen LogP contribution in [-0.4, -0.2) is 6.21 Å². The van der Waals surface area contributed by atoms with Gasteiger partial charge < -0.3 is 0 Å². The second kappa shape index (κ2) is 5.70. The maximum atomic E-state index is 4.23.